The Morgan fingerprint density at radius 1 is 0.963 bits per heavy atom. The van der Waals surface area contributed by atoms with Gasteiger partial charge in [0.25, 0.3) is 0 Å². The quantitative estimate of drug-likeness (QED) is 0.598. The van der Waals surface area contributed by atoms with Crippen LogP contribution in [-0.4, -0.2) is 26.3 Å². The Bertz CT molecular complexity index is 835. The van der Waals surface area contributed by atoms with Crippen molar-refractivity contribution < 1.29 is 12.8 Å². The number of hydrogen-bond donors (Lipinski definition) is 2. The van der Waals surface area contributed by atoms with E-state index in [0.717, 1.165) is 42.8 Å². The minimum Gasteiger partial charge on any atom is -0.464 e. The van der Waals surface area contributed by atoms with Crippen molar-refractivity contribution in [3.05, 3.63) is 41.7 Å². The molecule has 0 fully saturated rings. The molecule has 27 heavy (non-hydrogen) atoms. The highest BCUT2D eigenvalue weighted by Crippen LogP contribution is 2.30. The standard InChI is InChI=1S/C21H32N2O3S/c1-16-17(2)19(12-11-18(16)20-10-9-15-26-20)22-13-7-6-8-14-23-27(24,25)21(3,4)5/h9-12,15,22-23H,6-8,13-14H2,1-5H3. The van der Waals surface area contributed by atoms with Gasteiger partial charge in [0.15, 0.2) is 0 Å². The zero-order valence-electron chi connectivity index (χ0n) is 17.1. The Hall–Kier alpha value is -1.79. The summed E-state index contributed by atoms with van der Waals surface area (Å²) in [5.41, 5.74) is 4.69. The molecule has 2 rings (SSSR count). The largest absolute Gasteiger partial charge is 0.464 e. The van der Waals surface area contributed by atoms with E-state index in [9.17, 15) is 8.42 Å². The van der Waals surface area contributed by atoms with Crippen LogP contribution in [0.2, 0.25) is 0 Å². The van der Waals surface area contributed by atoms with Gasteiger partial charge in [0.05, 0.1) is 11.0 Å². The molecule has 6 heteroatoms. The predicted octanol–water partition coefficient (Wildman–Crippen LogP) is 4.86. The zero-order valence-corrected chi connectivity index (χ0v) is 17.9. The van der Waals surface area contributed by atoms with E-state index in [-0.39, 0.29) is 0 Å². The second-order valence-electron chi connectivity index (χ2n) is 7.89. The highest BCUT2D eigenvalue weighted by molar-refractivity contribution is 7.90. The van der Waals surface area contributed by atoms with E-state index in [4.69, 9.17) is 4.42 Å². The lowest BCUT2D eigenvalue weighted by Gasteiger charge is -2.19. The van der Waals surface area contributed by atoms with Gasteiger partial charge in [-0.15, -0.1) is 0 Å². The van der Waals surface area contributed by atoms with Gasteiger partial charge in [-0.1, -0.05) is 6.42 Å². The first-order valence-corrected chi connectivity index (χ1v) is 11.0. The van der Waals surface area contributed by atoms with Crippen molar-refractivity contribution in [2.75, 3.05) is 18.4 Å². The summed E-state index contributed by atoms with van der Waals surface area (Å²) in [7, 11) is -3.24. The molecule has 0 spiro atoms. The molecule has 5 nitrogen and oxygen atoms in total. The second kappa shape index (κ2) is 8.93. The van der Waals surface area contributed by atoms with Crippen molar-refractivity contribution in [1.29, 1.82) is 0 Å². The number of furan rings is 1. The van der Waals surface area contributed by atoms with E-state index in [0.29, 0.717) is 6.54 Å². The number of benzene rings is 1. The molecule has 0 aliphatic heterocycles. The summed E-state index contributed by atoms with van der Waals surface area (Å²) in [5, 5.41) is 3.49. The Morgan fingerprint density at radius 3 is 2.30 bits per heavy atom. The van der Waals surface area contributed by atoms with Gasteiger partial charge in [-0.05, 0) is 82.9 Å². The molecule has 0 aliphatic carbocycles. The van der Waals surface area contributed by atoms with Crippen molar-refractivity contribution in [3.8, 4) is 11.3 Å². The summed E-state index contributed by atoms with van der Waals surface area (Å²) >= 11 is 0. The van der Waals surface area contributed by atoms with Gasteiger partial charge in [0.1, 0.15) is 5.76 Å². The average molecular weight is 393 g/mol. The maximum absolute atomic E-state index is 12.0. The summed E-state index contributed by atoms with van der Waals surface area (Å²) < 4.78 is 31.4. The van der Waals surface area contributed by atoms with Crippen LogP contribution in [0.25, 0.3) is 11.3 Å². The minimum absolute atomic E-state index is 0.496. The van der Waals surface area contributed by atoms with Crippen molar-refractivity contribution in [2.24, 2.45) is 0 Å². The third-order valence-electron chi connectivity index (χ3n) is 4.84. The van der Waals surface area contributed by atoms with E-state index in [1.54, 1.807) is 27.0 Å². The molecular formula is C21H32N2O3S. The summed E-state index contributed by atoms with van der Waals surface area (Å²) in [5.74, 6) is 0.889. The molecule has 150 valence electrons. The highest BCUT2D eigenvalue weighted by atomic mass is 32.2. The first-order chi connectivity index (χ1) is 12.6. The maximum Gasteiger partial charge on any atom is 0.216 e. The van der Waals surface area contributed by atoms with Gasteiger partial charge < -0.3 is 9.73 Å². The number of hydrogen-bond acceptors (Lipinski definition) is 4. The third-order valence-corrected chi connectivity index (χ3v) is 7.04. The van der Waals surface area contributed by atoms with Crippen molar-refractivity contribution in [2.45, 2.75) is 58.6 Å². The van der Waals surface area contributed by atoms with E-state index in [2.05, 4.69) is 36.0 Å². The first kappa shape index (κ1) is 21.5. The van der Waals surface area contributed by atoms with E-state index in [1.165, 1.54) is 11.1 Å². The molecule has 1 heterocycles. The summed E-state index contributed by atoms with van der Waals surface area (Å²) in [6.07, 6.45) is 4.50. The van der Waals surface area contributed by atoms with Crippen LogP contribution in [-0.2, 0) is 10.0 Å². The first-order valence-electron chi connectivity index (χ1n) is 9.50. The fourth-order valence-electron chi connectivity index (χ4n) is 2.78. The normalized spacial score (nSPS) is 12.3. The molecule has 0 saturated carbocycles. The van der Waals surface area contributed by atoms with Gasteiger partial charge in [0.2, 0.25) is 10.0 Å². The van der Waals surface area contributed by atoms with Crippen LogP contribution < -0.4 is 10.0 Å². The molecule has 0 atom stereocenters. The molecule has 0 saturated heterocycles. The van der Waals surface area contributed by atoms with Gasteiger partial charge in [-0.3, -0.25) is 0 Å². The highest BCUT2D eigenvalue weighted by Gasteiger charge is 2.27. The Kier molecular flexibility index (Phi) is 7.12. The molecule has 2 N–H and O–H groups in total. The molecule has 1 aromatic heterocycles. The van der Waals surface area contributed by atoms with Crippen LogP contribution >= 0.6 is 0 Å². The molecule has 0 aliphatic rings. The van der Waals surface area contributed by atoms with Crippen LogP contribution in [0.1, 0.15) is 51.2 Å². The van der Waals surface area contributed by atoms with Gasteiger partial charge in [-0.2, -0.15) is 0 Å². The Morgan fingerprint density at radius 2 is 1.67 bits per heavy atom. The number of sulfonamides is 1. The van der Waals surface area contributed by atoms with E-state index >= 15 is 0 Å². The van der Waals surface area contributed by atoms with Crippen LogP contribution in [0.3, 0.4) is 0 Å². The fourth-order valence-corrected chi connectivity index (χ4v) is 3.63. The molecule has 0 amide bonds. The number of unbranched alkanes of at least 4 members (excludes halogenated alkanes) is 2. The van der Waals surface area contributed by atoms with Crippen LogP contribution in [0, 0.1) is 13.8 Å². The maximum atomic E-state index is 12.0. The van der Waals surface area contributed by atoms with Crippen LogP contribution in [0.5, 0.6) is 0 Å². The molecule has 0 radical (unpaired) electrons. The molecular weight excluding hydrogens is 360 g/mol. The van der Waals surface area contributed by atoms with Crippen LogP contribution in [0.15, 0.2) is 34.9 Å². The van der Waals surface area contributed by atoms with Crippen LogP contribution in [0.4, 0.5) is 5.69 Å². The third kappa shape index (κ3) is 5.59. The van der Waals surface area contributed by atoms with Crippen molar-refractivity contribution in [3.63, 3.8) is 0 Å². The van der Waals surface area contributed by atoms with Gasteiger partial charge in [-0.25, -0.2) is 13.1 Å². The lowest BCUT2D eigenvalue weighted by Crippen LogP contribution is -2.39. The van der Waals surface area contributed by atoms with Crippen molar-refractivity contribution in [1.82, 2.24) is 4.72 Å². The number of rotatable bonds is 9. The van der Waals surface area contributed by atoms with E-state index in [1.807, 2.05) is 12.1 Å². The Balaban J connectivity index is 1.76. The monoisotopic (exact) mass is 392 g/mol. The minimum atomic E-state index is -3.24. The zero-order chi connectivity index (χ0) is 20.1. The van der Waals surface area contributed by atoms with E-state index < -0.39 is 14.8 Å². The number of nitrogens with one attached hydrogen (secondary N) is 2. The molecule has 1 aromatic carbocycles. The van der Waals surface area contributed by atoms with Gasteiger partial charge in [0, 0.05) is 24.3 Å². The molecule has 2 aromatic rings. The lowest BCUT2D eigenvalue weighted by molar-refractivity contribution is 0.540. The molecule has 0 unspecified atom stereocenters. The summed E-state index contributed by atoms with van der Waals surface area (Å²) in [6, 6.07) is 8.06. The predicted molar refractivity (Wildman–Crippen MR) is 113 cm³/mol. The lowest BCUT2D eigenvalue weighted by atomic mass is 9.99. The molecule has 0 bridgehead atoms. The van der Waals surface area contributed by atoms with Crippen molar-refractivity contribution >= 4 is 15.7 Å². The second-order valence-corrected chi connectivity index (χ2v) is 10.4. The number of anilines is 1. The SMILES string of the molecule is Cc1c(NCCCCCNS(=O)(=O)C(C)(C)C)ccc(-c2ccco2)c1C. The Labute approximate surface area is 163 Å². The summed E-state index contributed by atoms with van der Waals surface area (Å²) in [6.45, 7) is 10.7. The van der Waals surface area contributed by atoms with Gasteiger partial charge >= 0.3 is 0 Å². The average Bonchev–Trinajstić information content (AvgIpc) is 3.11. The smallest absolute Gasteiger partial charge is 0.216 e. The fraction of sp³-hybridized carbons (Fsp3) is 0.524. The topological polar surface area (TPSA) is 71.3 Å². The summed E-state index contributed by atoms with van der Waals surface area (Å²) in [4.78, 5) is 0.